The van der Waals surface area contributed by atoms with Crippen molar-refractivity contribution in [3.05, 3.63) is 54.1 Å². The zero-order valence-electron chi connectivity index (χ0n) is 15.9. The maximum Gasteiger partial charge on any atom is 0.224 e. The molecule has 1 aliphatic heterocycles. The molecule has 5 heteroatoms. The van der Waals surface area contributed by atoms with E-state index in [9.17, 15) is 4.79 Å². The first-order chi connectivity index (χ1) is 13.2. The number of carbonyl (C=O) groups is 1. The number of carbonyl (C=O) groups excluding carboxylic acids is 1. The fourth-order valence-corrected chi connectivity index (χ4v) is 3.26. The standard InChI is InChI=1S/C22H28N2O3/c1-26-20-9-11-21(12-10-20)27-16-13-23-22(25)17-18-5-7-19(8-6-18)24-14-3-2-4-15-24/h5-12H,2-4,13-17H2,1H3,(H,23,25). The molecule has 1 fully saturated rings. The number of piperidine rings is 1. The Morgan fingerprint density at radius 3 is 2.30 bits per heavy atom. The highest BCUT2D eigenvalue weighted by molar-refractivity contribution is 5.78. The summed E-state index contributed by atoms with van der Waals surface area (Å²) >= 11 is 0. The van der Waals surface area contributed by atoms with E-state index in [2.05, 4.69) is 34.5 Å². The molecule has 0 radical (unpaired) electrons. The molecule has 0 aromatic heterocycles. The van der Waals surface area contributed by atoms with Crippen molar-refractivity contribution in [2.24, 2.45) is 0 Å². The Morgan fingerprint density at radius 1 is 0.963 bits per heavy atom. The van der Waals surface area contributed by atoms with E-state index >= 15 is 0 Å². The predicted molar refractivity (Wildman–Crippen MR) is 108 cm³/mol. The Kier molecular flexibility index (Phi) is 6.97. The van der Waals surface area contributed by atoms with E-state index in [-0.39, 0.29) is 5.91 Å². The van der Waals surface area contributed by atoms with E-state index in [0.29, 0.717) is 19.6 Å². The van der Waals surface area contributed by atoms with Crippen LogP contribution in [0.3, 0.4) is 0 Å². The van der Waals surface area contributed by atoms with Crippen molar-refractivity contribution in [2.45, 2.75) is 25.7 Å². The second-order valence-corrected chi connectivity index (χ2v) is 6.76. The van der Waals surface area contributed by atoms with Gasteiger partial charge in [-0.05, 0) is 61.2 Å². The van der Waals surface area contributed by atoms with Crippen LogP contribution in [-0.4, -0.2) is 39.3 Å². The maximum atomic E-state index is 12.1. The van der Waals surface area contributed by atoms with Crippen LogP contribution in [0.25, 0.3) is 0 Å². The summed E-state index contributed by atoms with van der Waals surface area (Å²) in [6.45, 7) is 3.19. The van der Waals surface area contributed by atoms with Gasteiger partial charge in [0.1, 0.15) is 18.1 Å². The van der Waals surface area contributed by atoms with Gasteiger partial charge in [0.2, 0.25) is 5.91 Å². The summed E-state index contributed by atoms with van der Waals surface area (Å²) in [6.07, 6.45) is 4.26. The minimum absolute atomic E-state index is 0.0130. The molecule has 144 valence electrons. The average molecular weight is 368 g/mol. The molecule has 1 N–H and O–H groups in total. The van der Waals surface area contributed by atoms with Gasteiger partial charge in [-0.2, -0.15) is 0 Å². The monoisotopic (exact) mass is 368 g/mol. The molecule has 2 aromatic carbocycles. The van der Waals surface area contributed by atoms with Gasteiger partial charge in [0, 0.05) is 18.8 Å². The highest BCUT2D eigenvalue weighted by atomic mass is 16.5. The highest BCUT2D eigenvalue weighted by Gasteiger charge is 2.11. The van der Waals surface area contributed by atoms with E-state index in [0.717, 1.165) is 30.2 Å². The molecule has 3 rings (SSSR count). The number of hydrogen-bond donors (Lipinski definition) is 1. The topological polar surface area (TPSA) is 50.8 Å². The molecule has 0 unspecified atom stereocenters. The lowest BCUT2D eigenvalue weighted by molar-refractivity contribution is -0.120. The Labute approximate surface area is 161 Å². The first-order valence-electron chi connectivity index (χ1n) is 9.62. The molecule has 0 atom stereocenters. The van der Waals surface area contributed by atoms with Gasteiger partial charge in [0.25, 0.3) is 0 Å². The third-order valence-corrected chi connectivity index (χ3v) is 4.77. The number of rotatable bonds is 8. The fraction of sp³-hybridized carbons (Fsp3) is 0.409. The highest BCUT2D eigenvalue weighted by Crippen LogP contribution is 2.20. The summed E-state index contributed by atoms with van der Waals surface area (Å²) in [5.74, 6) is 1.57. The third-order valence-electron chi connectivity index (χ3n) is 4.77. The van der Waals surface area contributed by atoms with Crippen LogP contribution in [-0.2, 0) is 11.2 Å². The van der Waals surface area contributed by atoms with E-state index < -0.39 is 0 Å². The van der Waals surface area contributed by atoms with Crippen molar-refractivity contribution < 1.29 is 14.3 Å². The molecule has 1 amide bonds. The number of anilines is 1. The molecular weight excluding hydrogens is 340 g/mol. The van der Waals surface area contributed by atoms with E-state index in [1.807, 2.05) is 24.3 Å². The Hall–Kier alpha value is -2.69. The molecular formula is C22H28N2O3. The summed E-state index contributed by atoms with van der Waals surface area (Å²) in [4.78, 5) is 14.5. The first-order valence-corrected chi connectivity index (χ1v) is 9.62. The quantitative estimate of drug-likeness (QED) is 0.726. The maximum absolute atomic E-state index is 12.1. The van der Waals surface area contributed by atoms with Gasteiger partial charge in [-0.3, -0.25) is 4.79 Å². The van der Waals surface area contributed by atoms with Crippen LogP contribution in [0.5, 0.6) is 11.5 Å². The lowest BCUT2D eigenvalue weighted by Gasteiger charge is -2.28. The SMILES string of the molecule is COc1ccc(OCCNC(=O)Cc2ccc(N3CCCCC3)cc2)cc1. The predicted octanol–water partition coefficient (Wildman–Crippen LogP) is 3.42. The van der Waals surface area contributed by atoms with E-state index in [4.69, 9.17) is 9.47 Å². The molecule has 0 spiro atoms. The minimum atomic E-state index is 0.0130. The molecule has 0 bridgehead atoms. The van der Waals surface area contributed by atoms with Crippen LogP contribution in [0.2, 0.25) is 0 Å². The molecule has 1 saturated heterocycles. The smallest absolute Gasteiger partial charge is 0.224 e. The van der Waals surface area contributed by atoms with Crippen LogP contribution in [0.4, 0.5) is 5.69 Å². The molecule has 5 nitrogen and oxygen atoms in total. The fourth-order valence-electron chi connectivity index (χ4n) is 3.26. The lowest BCUT2D eigenvalue weighted by atomic mass is 10.1. The van der Waals surface area contributed by atoms with Crippen LogP contribution in [0.1, 0.15) is 24.8 Å². The Balaban J connectivity index is 1.37. The number of benzene rings is 2. The summed E-state index contributed by atoms with van der Waals surface area (Å²) < 4.78 is 10.7. The van der Waals surface area contributed by atoms with Crippen LogP contribution < -0.4 is 19.7 Å². The second-order valence-electron chi connectivity index (χ2n) is 6.76. The molecule has 0 saturated carbocycles. The van der Waals surface area contributed by atoms with Gasteiger partial charge in [0.15, 0.2) is 0 Å². The lowest BCUT2D eigenvalue weighted by Crippen LogP contribution is -2.30. The number of amides is 1. The third kappa shape index (κ3) is 5.91. The van der Waals surface area contributed by atoms with Gasteiger partial charge in [-0.1, -0.05) is 12.1 Å². The van der Waals surface area contributed by atoms with Gasteiger partial charge in [0.05, 0.1) is 20.1 Å². The van der Waals surface area contributed by atoms with Gasteiger partial charge in [-0.25, -0.2) is 0 Å². The van der Waals surface area contributed by atoms with E-state index in [1.165, 1.54) is 24.9 Å². The minimum Gasteiger partial charge on any atom is -0.497 e. The van der Waals surface area contributed by atoms with Gasteiger partial charge < -0.3 is 19.7 Å². The normalized spacial score (nSPS) is 13.9. The molecule has 1 aliphatic rings. The van der Waals surface area contributed by atoms with Crippen LogP contribution in [0.15, 0.2) is 48.5 Å². The van der Waals surface area contributed by atoms with Crippen LogP contribution >= 0.6 is 0 Å². The largest absolute Gasteiger partial charge is 0.497 e. The number of ether oxygens (including phenoxy) is 2. The van der Waals surface area contributed by atoms with Crippen molar-refractivity contribution in [1.29, 1.82) is 0 Å². The Bertz CT molecular complexity index is 707. The number of methoxy groups -OCH3 is 1. The second kappa shape index (κ2) is 9.86. The first kappa shape index (κ1) is 19.1. The summed E-state index contributed by atoms with van der Waals surface area (Å²) in [7, 11) is 1.63. The zero-order valence-corrected chi connectivity index (χ0v) is 15.9. The zero-order chi connectivity index (χ0) is 18.9. The summed E-state index contributed by atoms with van der Waals surface area (Å²) in [5, 5.41) is 2.90. The molecule has 0 aliphatic carbocycles. The van der Waals surface area contributed by atoms with Crippen molar-refractivity contribution in [3.8, 4) is 11.5 Å². The molecule has 2 aromatic rings. The average Bonchev–Trinajstić information content (AvgIpc) is 2.73. The van der Waals surface area contributed by atoms with Gasteiger partial charge in [-0.15, -0.1) is 0 Å². The van der Waals surface area contributed by atoms with Crippen molar-refractivity contribution in [1.82, 2.24) is 5.32 Å². The summed E-state index contributed by atoms with van der Waals surface area (Å²) in [6, 6.07) is 15.8. The van der Waals surface area contributed by atoms with Crippen molar-refractivity contribution in [2.75, 3.05) is 38.3 Å². The number of nitrogens with zero attached hydrogens (tertiary/aromatic N) is 1. The molecule has 1 heterocycles. The van der Waals surface area contributed by atoms with Crippen LogP contribution in [0, 0.1) is 0 Å². The van der Waals surface area contributed by atoms with Crippen molar-refractivity contribution >= 4 is 11.6 Å². The molecule has 27 heavy (non-hydrogen) atoms. The number of hydrogen-bond acceptors (Lipinski definition) is 4. The number of nitrogens with one attached hydrogen (secondary N) is 1. The Morgan fingerprint density at radius 2 is 1.63 bits per heavy atom. The van der Waals surface area contributed by atoms with Gasteiger partial charge >= 0.3 is 0 Å². The van der Waals surface area contributed by atoms with Crippen molar-refractivity contribution in [3.63, 3.8) is 0 Å². The van der Waals surface area contributed by atoms with E-state index in [1.54, 1.807) is 7.11 Å². The summed E-state index contributed by atoms with van der Waals surface area (Å²) in [5.41, 5.74) is 2.29.